The number of pyridine rings is 1. The minimum atomic E-state index is -3.63. The number of nitrogen functional groups attached to an aromatic ring is 1. The third kappa shape index (κ3) is 6.82. The fraction of sp³-hybridized carbons (Fsp3) is 0.269. The summed E-state index contributed by atoms with van der Waals surface area (Å²) in [7, 11) is -4.75. The van der Waals surface area contributed by atoms with Gasteiger partial charge in [-0.15, -0.1) is 0 Å². The summed E-state index contributed by atoms with van der Waals surface area (Å²) in [5.74, 6) is 1.11. The second-order valence-corrected chi connectivity index (χ2v) is 13.2. The maximum absolute atomic E-state index is 12.8. The molecule has 2 aromatic heterocycles. The first-order valence-corrected chi connectivity index (χ1v) is 15.4. The molecule has 0 aliphatic carbocycles. The quantitative estimate of drug-likeness (QED) is 0.274. The van der Waals surface area contributed by atoms with Gasteiger partial charge in [-0.05, 0) is 49.9 Å². The topological polar surface area (TPSA) is 145 Å². The van der Waals surface area contributed by atoms with Crippen LogP contribution in [-0.2, 0) is 19.7 Å². The number of rotatable bonds is 11. The Labute approximate surface area is 222 Å². The van der Waals surface area contributed by atoms with Gasteiger partial charge in [-0.1, -0.05) is 18.2 Å². The van der Waals surface area contributed by atoms with E-state index in [1.165, 1.54) is 18.4 Å². The molecule has 0 fully saturated rings. The lowest BCUT2D eigenvalue weighted by atomic mass is 10.2. The highest BCUT2D eigenvalue weighted by molar-refractivity contribution is 7.91. The van der Waals surface area contributed by atoms with Crippen molar-refractivity contribution in [3.05, 3.63) is 66.9 Å². The first-order chi connectivity index (χ1) is 18.0. The summed E-state index contributed by atoms with van der Waals surface area (Å²) in [6, 6.07) is 16.3. The lowest BCUT2D eigenvalue weighted by Gasteiger charge is -2.15. The number of hydrogen-bond acceptors (Lipinski definition) is 10. The average Bonchev–Trinajstić information content (AvgIpc) is 2.90. The van der Waals surface area contributed by atoms with Crippen LogP contribution < -0.4 is 10.5 Å². The zero-order valence-electron chi connectivity index (χ0n) is 21.1. The van der Waals surface area contributed by atoms with Gasteiger partial charge in [0, 0.05) is 36.4 Å². The van der Waals surface area contributed by atoms with Gasteiger partial charge in [0.1, 0.15) is 15.7 Å². The summed E-state index contributed by atoms with van der Waals surface area (Å²) >= 11 is 0. The maximum Gasteiger partial charge on any atom is 0.214 e. The number of hydrogen-bond donors (Lipinski definition) is 1. The summed E-state index contributed by atoms with van der Waals surface area (Å²) in [6.07, 6.45) is 3.47. The highest BCUT2D eigenvalue weighted by Gasteiger charge is 2.18. The molecule has 2 aromatic carbocycles. The molecule has 200 valence electrons. The van der Waals surface area contributed by atoms with Crippen molar-refractivity contribution in [3.8, 4) is 17.3 Å². The Balaban J connectivity index is 1.43. The molecule has 0 aliphatic heterocycles. The Morgan fingerprint density at radius 2 is 1.61 bits per heavy atom. The molecule has 0 bridgehead atoms. The number of sulfone groups is 2. The largest absolute Gasteiger partial charge is 0.478 e. The molecule has 0 aliphatic rings. The van der Waals surface area contributed by atoms with Gasteiger partial charge < -0.3 is 15.4 Å². The minimum absolute atomic E-state index is 0.120. The van der Waals surface area contributed by atoms with Crippen molar-refractivity contribution in [1.82, 2.24) is 19.9 Å². The summed E-state index contributed by atoms with van der Waals surface area (Å²) in [6.45, 7) is 1.55. The third-order valence-corrected chi connectivity index (χ3v) is 8.55. The molecule has 10 nitrogen and oxygen atoms in total. The van der Waals surface area contributed by atoms with E-state index in [0.29, 0.717) is 54.3 Å². The van der Waals surface area contributed by atoms with E-state index in [1.807, 2.05) is 11.9 Å². The molecular weight excluding hydrogens is 526 g/mol. The van der Waals surface area contributed by atoms with Gasteiger partial charge in [-0.2, -0.15) is 0 Å². The van der Waals surface area contributed by atoms with Crippen LogP contribution in [0.1, 0.15) is 6.42 Å². The molecule has 0 saturated heterocycles. The van der Waals surface area contributed by atoms with Gasteiger partial charge in [-0.25, -0.2) is 31.8 Å². The molecular formula is C26H29N5O5S2. The van der Waals surface area contributed by atoms with Crippen molar-refractivity contribution >= 4 is 36.4 Å². The molecule has 4 aromatic rings. The summed E-state index contributed by atoms with van der Waals surface area (Å²) < 4.78 is 54.0. The molecule has 0 radical (unpaired) electrons. The average molecular weight is 556 g/mol. The molecule has 2 heterocycles. The van der Waals surface area contributed by atoms with Crippen LogP contribution in [0.5, 0.6) is 5.88 Å². The Kier molecular flexibility index (Phi) is 8.24. The fourth-order valence-electron chi connectivity index (χ4n) is 3.71. The summed E-state index contributed by atoms with van der Waals surface area (Å²) in [5.41, 5.74) is 7.36. The molecule has 0 amide bonds. The van der Waals surface area contributed by atoms with Gasteiger partial charge in [0.15, 0.2) is 5.82 Å². The normalized spacial score (nSPS) is 12.2. The molecule has 38 heavy (non-hydrogen) atoms. The van der Waals surface area contributed by atoms with Gasteiger partial charge in [0.2, 0.25) is 15.7 Å². The van der Waals surface area contributed by atoms with E-state index in [-0.39, 0.29) is 21.4 Å². The highest BCUT2D eigenvalue weighted by Crippen LogP contribution is 2.27. The van der Waals surface area contributed by atoms with Crippen molar-refractivity contribution in [2.24, 2.45) is 0 Å². The molecule has 4 rings (SSSR count). The molecule has 0 saturated carbocycles. The van der Waals surface area contributed by atoms with E-state index >= 15 is 0 Å². The van der Waals surface area contributed by atoms with Gasteiger partial charge in [0.05, 0.1) is 33.9 Å². The lowest BCUT2D eigenvalue weighted by molar-refractivity contribution is 0.262. The standard InChI is InChI=1S/C26H29N5O5S2/c1-31(14-16-37(2,32)33)13-6-15-36-24-17-22-23(18-28-24)29-26(30-25(22)27)19-9-11-21(12-10-19)38(34,35)20-7-4-3-5-8-20/h3-5,7-12,17-18H,6,13-16H2,1-2H3,(H2,27,29,30). The van der Waals surface area contributed by atoms with Crippen molar-refractivity contribution in [3.63, 3.8) is 0 Å². The first-order valence-electron chi connectivity index (χ1n) is 11.9. The third-order valence-electron chi connectivity index (χ3n) is 5.84. The Morgan fingerprint density at radius 3 is 2.29 bits per heavy atom. The fourth-order valence-corrected chi connectivity index (χ4v) is 5.63. The Hall–Kier alpha value is -3.61. The van der Waals surface area contributed by atoms with Crippen LogP contribution in [0.4, 0.5) is 5.82 Å². The van der Waals surface area contributed by atoms with Crippen molar-refractivity contribution in [1.29, 1.82) is 0 Å². The van der Waals surface area contributed by atoms with Gasteiger partial charge in [0.25, 0.3) is 0 Å². The van der Waals surface area contributed by atoms with Gasteiger partial charge >= 0.3 is 0 Å². The van der Waals surface area contributed by atoms with Crippen LogP contribution in [0.15, 0.2) is 76.7 Å². The van der Waals surface area contributed by atoms with E-state index in [0.717, 1.165) is 0 Å². The van der Waals surface area contributed by atoms with E-state index in [2.05, 4.69) is 15.0 Å². The second-order valence-electron chi connectivity index (χ2n) is 8.95. The molecule has 12 heteroatoms. The molecule has 2 N–H and O–H groups in total. The summed E-state index contributed by atoms with van der Waals surface area (Å²) in [4.78, 5) is 15.6. The number of anilines is 1. The Bertz CT molecular complexity index is 1630. The monoisotopic (exact) mass is 555 g/mol. The SMILES string of the molecule is CN(CCCOc1cc2c(N)nc(-c3ccc(S(=O)(=O)c4ccccc4)cc3)nc2cn1)CCS(C)(=O)=O. The first kappa shape index (κ1) is 27.4. The van der Waals surface area contributed by atoms with Crippen molar-refractivity contribution < 1.29 is 21.6 Å². The number of nitrogens with two attached hydrogens (primary N) is 1. The molecule has 0 unspecified atom stereocenters. The van der Waals surface area contributed by atoms with Crippen LogP contribution in [0.2, 0.25) is 0 Å². The predicted molar refractivity (Wildman–Crippen MR) is 146 cm³/mol. The van der Waals surface area contributed by atoms with E-state index < -0.39 is 19.7 Å². The molecule has 0 atom stereocenters. The number of ether oxygens (including phenoxy) is 1. The lowest BCUT2D eigenvalue weighted by Crippen LogP contribution is -2.27. The highest BCUT2D eigenvalue weighted by atomic mass is 32.2. The zero-order chi connectivity index (χ0) is 27.3. The van der Waals surface area contributed by atoms with Crippen molar-refractivity contribution in [2.45, 2.75) is 16.2 Å². The van der Waals surface area contributed by atoms with Crippen LogP contribution in [0.25, 0.3) is 22.3 Å². The van der Waals surface area contributed by atoms with Crippen LogP contribution in [0, 0.1) is 0 Å². The van der Waals surface area contributed by atoms with Gasteiger partial charge in [-0.3, -0.25) is 0 Å². The smallest absolute Gasteiger partial charge is 0.214 e. The predicted octanol–water partition coefficient (Wildman–Crippen LogP) is 2.85. The Morgan fingerprint density at radius 1 is 0.921 bits per heavy atom. The molecule has 0 spiro atoms. The maximum atomic E-state index is 12.8. The number of nitrogens with zero attached hydrogens (tertiary/aromatic N) is 4. The number of benzene rings is 2. The zero-order valence-corrected chi connectivity index (χ0v) is 22.7. The summed E-state index contributed by atoms with van der Waals surface area (Å²) in [5, 5.41) is 0.590. The second kappa shape index (κ2) is 11.4. The van der Waals surface area contributed by atoms with Crippen molar-refractivity contribution in [2.75, 3.05) is 44.5 Å². The van der Waals surface area contributed by atoms with Crippen LogP contribution >= 0.6 is 0 Å². The van der Waals surface area contributed by atoms with E-state index in [9.17, 15) is 16.8 Å². The van der Waals surface area contributed by atoms with E-state index in [4.69, 9.17) is 10.5 Å². The number of fused-ring (bicyclic) bond motifs is 1. The van der Waals surface area contributed by atoms with Crippen LogP contribution in [0.3, 0.4) is 0 Å². The van der Waals surface area contributed by atoms with E-state index in [1.54, 1.807) is 54.7 Å². The number of aromatic nitrogens is 3. The van der Waals surface area contributed by atoms with Crippen LogP contribution in [-0.4, -0.2) is 75.4 Å². The minimum Gasteiger partial charge on any atom is -0.478 e.